The Morgan fingerprint density at radius 2 is 2.50 bits per heavy atom. The van der Waals surface area contributed by atoms with Crippen LogP contribution in [0.2, 0.25) is 0 Å². The van der Waals surface area contributed by atoms with Crippen LogP contribution in [-0.2, 0) is 4.79 Å². The minimum absolute atomic E-state index is 0.0312. The molecular formula is C8H11NO. The molecule has 0 aliphatic carbocycles. The molecule has 0 fully saturated rings. The molecule has 0 spiro atoms. The maximum atomic E-state index is 10.8. The first-order chi connectivity index (χ1) is 4.70. The van der Waals surface area contributed by atoms with Crippen LogP contribution in [0.5, 0.6) is 0 Å². The van der Waals surface area contributed by atoms with Crippen molar-refractivity contribution in [3.8, 4) is 0 Å². The van der Waals surface area contributed by atoms with Gasteiger partial charge in [-0.3, -0.25) is 9.79 Å². The molecule has 0 bridgehead atoms. The zero-order valence-corrected chi connectivity index (χ0v) is 6.29. The van der Waals surface area contributed by atoms with Crippen LogP contribution in [0.1, 0.15) is 13.8 Å². The Bertz CT molecular complexity index is 203. The molecule has 0 aromatic rings. The van der Waals surface area contributed by atoms with E-state index in [2.05, 4.69) is 4.99 Å². The van der Waals surface area contributed by atoms with E-state index in [1.54, 1.807) is 6.92 Å². The largest absolute Gasteiger partial charge is 0.299 e. The molecule has 0 aromatic carbocycles. The van der Waals surface area contributed by atoms with Crippen LogP contribution in [0.3, 0.4) is 0 Å². The summed E-state index contributed by atoms with van der Waals surface area (Å²) in [4.78, 5) is 14.9. The maximum absolute atomic E-state index is 10.8. The lowest BCUT2D eigenvalue weighted by molar-refractivity contribution is -0.119. The molecule has 1 rings (SSSR count). The second kappa shape index (κ2) is 2.78. The van der Waals surface area contributed by atoms with Gasteiger partial charge in [-0.05, 0) is 19.9 Å². The van der Waals surface area contributed by atoms with Crippen LogP contribution in [0.25, 0.3) is 0 Å². The first-order valence-corrected chi connectivity index (χ1v) is 3.40. The van der Waals surface area contributed by atoms with Crippen molar-refractivity contribution in [1.82, 2.24) is 0 Å². The molecule has 1 unspecified atom stereocenters. The number of hydrogen-bond donors (Lipinski definition) is 0. The second-order valence-electron chi connectivity index (χ2n) is 2.56. The van der Waals surface area contributed by atoms with Gasteiger partial charge < -0.3 is 0 Å². The number of nitrogens with zero attached hydrogens (tertiary/aromatic N) is 1. The van der Waals surface area contributed by atoms with Crippen molar-refractivity contribution >= 4 is 11.5 Å². The number of rotatable bonds is 1. The molecule has 1 aliphatic heterocycles. The zero-order chi connectivity index (χ0) is 7.56. The number of carbonyl (C=O) groups is 1. The van der Waals surface area contributed by atoms with Crippen LogP contribution in [0, 0.1) is 5.92 Å². The molecule has 0 saturated carbocycles. The minimum atomic E-state index is 0.0312. The van der Waals surface area contributed by atoms with E-state index in [1.807, 2.05) is 19.1 Å². The molecule has 1 heterocycles. The highest BCUT2D eigenvalue weighted by Gasteiger charge is 2.11. The lowest BCUT2D eigenvalue weighted by Gasteiger charge is -2.09. The fourth-order valence-electron chi connectivity index (χ4n) is 0.875. The van der Waals surface area contributed by atoms with E-state index in [4.69, 9.17) is 0 Å². The first-order valence-electron chi connectivity index (χ1n) is 3.40. The summed E-state index contributed by atoms with van der Waals surface area (Å²) in [5, 5.41) is 0. The first kappa shape index (κ1) is 7.19. The SMILES string of the molecule is CC(=O)C1C=CC(C)=NC1. The van der Waals surface area contributed by atoms with Gasteiger partial charge >= 0.3 is 0 Å². The molecule has 0 amide bonds. The number of ketones is 1. The van der Waals surface area contributed by atoms with Crippen LogP contribution in [0.4, 0.5) is 0 Å². The highest BCUT2D eigenvalue weighted by molar-refractivity contribution is 5.95. The standard InChI is InChI=1S/C8H11NO/c1-6-3-4-8(5-9-6)7(2)10/h3-4,8H,5H2,1-2H3. The van der Waals surface area contributed by atoms with E-state index in [1.165, 1.54) is 0 Å². The predicted octanol–water partition coefficient (Wildman–Crippen LogP) is 1.22. The molecular weight excluding hydrogens is 126 g/mol. The van der Waals surface area contributed by atoms with Gasteiger partial charge in [0.05, 0.1) is 12.5 Å². The molecule has 1 aliphatic rings. The summed E-state index contributed by atoms with van der Waals surface area (Å²) in [6.45, 7) is 4.18. The third-order valence-electron chi connectivity index (χ3n) is 1.63. The second-order valence-corrected chi connectivity index (χ2v) is 2.56. The summed E-state index contributed by atoms with van der Waals surface area (Å²) in [5.74, 6) is 0.233. The topological polar surface area (TPSA) is 29.4 Å². The maximum Gasteiger partial charge on any atom is 0.138 e. The highest BCUT2D eigenvalue weighted by atomic mass is 16.1. The Kier molecular flexibility index (Phi) is 2.00. The molecule has 2 heteroatoms. The number of carbonyl (C=O) groups excluding carboxylic acids is 1. The minimum Gasteiger partial charge on any atom is -0.299 e. The Balaban J connectivity index is 2.60. The zero-order valence-electron chi connectivity index (χ0n) is 6.29. The number of Topliss-reactive ketones (excluding diaryl/α,β-unsaturated/α-hetero) is 1. The van der Waals surface area contributed by atoms with Crippen molar-refractivity contribution in [2.45, 2.75) is 13.8 Å². The molecule has 0 radical (unpaired) electrons. The quantitative estimate of drug-likeness (QED) is 0.534. The number of dihydropyridines is 1. The van der Waals surface area contributed by atoms with E-state index < -0.39 is 0 Å². The van der Waals surface area contributed by atoms with Crippen LogP contribution >= 0.6 is 0 Å². The van der Waals surface area contributed by atoms with E-state index in [9.17, 15) is 4.79 Å². The molecule has 1 atom stereocenters. The van der Waals surface area contributed by atoms with Crippen molar-refractivity contribution in [2.75, 3.05) is 6.54 Å². The van der Waals surface area contributed by atoms with Crippen molar-refractivity contribution in [2.24, 2.45) is 10.9 Å². The Morgan fingerprint density at radius 1 is 1.80 bits per heavy atom. The van der Waals surface area contributed by atoms with Gasteiger partial charge in [-0.2, -0.15) is 0 Å². The predicted molar refractivity (Wildman–Crippen MR) is 41.3 cm³/mol. The third kappa shape index (κ3) is 1.53. The van der Waals surface area contributed by atoms with Gasteiger partial charge in [-0.15, -0.1) is 0 Å². The summed E-state index contributed by atoms with van der Waals surface area (Å²) < 4.78 is 0. The van der Waals surface area contributed by atoms with Crippen molar-refractivity contribution < 1.29 is 4.79 Å². The summed E-state index contributed by atoms with van der Waals surface area (Å²) in [6, 6.07) is 0. The number of allylic oxidation sites excluding steroid dienone is 1. The summed E-state index contributed by atoms with van der Waals surface area (Å²) in [7, 11) is 0. The summed E-state index contributed by atoms with van der Waals surface area (Å²) >= 11 is 0. The Hall–Kier alpha value is -0.920. The van der Waals surface area contributed by atoms with Gasteiger partial charge in [0, 0.05) is 5.71 Å². The van der Waals surface area contributed by atoms with Gasteiger partial charge in [0.1, 0.15) is 5.78 Å². The highest BCUT2D eigenvalue weighted by Crippen LogP contribution is 2.06. The van der Waals surface area contributed by atoms with Gasteiger partial charge in [0.25, 0.3) is 0 Å². The van der Waals surface area contributed by atoms with Gasteiger partial charge in [0.2, 0.25) is 0 Å². The normalized spacial score (nSPS) is 24.2. The van der Waals surface area contributed by atoms with Gasteiger partial charge in [-0.25, -0.2) is 0 Å². The molecule has 54 valence electrons. The summed E-state index contributed by atoms with van der Waals surface area (Å²) in [5.41, 5.74) is 1.01. The van der Waals surface area contributed by atoms with E-state index in [0.717, 1.165) is 5.71 Å². The van der Waals surface area contributed by atoms with E-state index in [0.29, 0.717) is 6.54 Å². The lowest BCUT2D eigenvalue weighted by atomic mass is 10.0. The van der Waals surface area contributed by atoms with Crippen molar-refractivity contribution in [3.63, 3.8) is 0 Å². The lowest BCUT2D eigenvalue weighted by Crippen LogP contribution is -2.15. The van der Waals surface area contributed by atoms with Crippen molar-refractivity contribution in [1.29, 1.82) is 0 Å². The monoisotopic (exact) mass is 137 g/mol. The fraction of sp³-hybridized carbons (Fsp3) is 0.500. The smallest absolute Gasteiger partial charge is 0.138 e. The number of hydrogen-bond acceptors (Lipinski definition) is 2. The molecule has 0 saturated heterocycles. The third-order valence-corrected chi connectivity index (χ3v) is 1.63. The summed E-state index contributed by atoms with van der Waals surface area (Å²) in [6.07, 6.45) is 3.82. The fourth-order valence-corrected chi connectivity index (χ4v) is 0.875. The molecule has 0 N–H and O–H groups in total. The molecule has 2 nitrogen and oxygen atoms in total. The average Bonchev–Trinajstić information content (AvgIpc) is 1.88. The van der Waals surface area contributed by atoms with Gasteiger partial charge in [0.15, 0.2) is 0 Å². The Labute approximate surface area is 60.7 Å². The van der Waals surface area contributed by atoms with Crippen molar-refractivity contribution in [3.05, 3.63) is 12.2 Å². The Morgan fingerprint density at radius 3 is 2.90 bits per heavy atom. The van der Waals surface area contributed by atoms with Crippen LogP contribution in [-0.4, -0.2) is 18.0 Å². The van der Waals surface area contributed by atoms with E-state index >= 15 is 0 Å². The average molecular weight is 137 g/mol. The van der Waals surface area contributed by atoms with Gasteiger partial charge in [-0.1, -0.05) is 6.08 Å². The number of aliphatic imine (C=N–C) groups is 1. The molecule has 0 aromatic heterocycles. The van der Waals surface area contributed by atoms with Crippen LogP contribution < -0.4 is 0 Å². The van der Waals surface area contributed by atoms with E-state index in [-0.39, 0.29) is 11.7 Å². The van der Waals surface area contributed by atoms with Crippen LogP contribution in [0.15, 0.2) is 17.1 Å². The molecule has 10 heavy (non-hydrogen) atoms.